The average Bonchev–Trinajstić information content (AvgIpc) is 2.73. The molecule has 0 saturated heterocycles. The third-order valence-corrected chi connectivity index (χ3v) is 5.29. The molecule has 0 aromatic heterocycles. The minimum atomic E-state index is -0.636. The number of carbonyl (C=O) groups excluding carboxylic acids is 2. The molecule has 0 aliphatic carbocycles. The molecule has 0 saturated carbocycles. The number of nitrogens with zero attached hydrogens (tertiary/aromatic N) is 1. The lowest BCUT2D eigenvalue weighted by molar-refractivity contribution is -0.143. The van der Waals surface area contributed by atoms with Gasteiger partial charge in [0.1, 0.15) is 17.5 Å². The zero-order chi connectivity index (χ0) is 23.9. The Hall–Kier alpha value is -2.73. The van der Waals surface area contributed by atoms with Gasteiger partial charge in [-0.15, -0.1) is 0 Å². The molecule has 1 atom stereocenters. The van der Waals surface area contributed by atoms with Gasteiger partial charge in [0.05, 0.1) is 7.11 Å². The summed E-state index contributed by atoms with van der Waals surface area (Å²) in [5.74, 6) is 0.763. The second kappa shape index (κ2) is 11.2. The number of nitrogens with one attached hydrogen (secondary N) is 1. The van der Waals surface area contributed by atoms with Gasteiger partial charge in [0, 0.05) is 17.1 Å². The highest BCUT2D eigenvalue weighted by molar-refractivity contribution is 6.31. The smallest absolute Gasteiger partial charge is 0.261 e. The number of hydrogen-bond acceptors (Lipinski definition) is 4. The van der Waals surface area contributed by atoms with Crippen molar-refractivity contribution in [2.45, 2.75) is 59.2 Å². The summed E-state index contributed by atoms with van der Waals surface area (Å²) >= 11 is 6.07. The summed E-state index contributed by atoms with van der Waals surface area (Å²) in [6.45, 7) is 9.57. The fraction of sp³-hybridized carbons (Fsp3) is 0.440. The normalized spacial score (nSPS) is 12.1. The van der Waals surface area contributed by atoms with Crippen LogP contribution in [0, 0.1) is 6.92 Å². The molecule has 2 rings (SSSR count). The van der Waals surface area contributed by atoms with Crippen LogP contribution < -0.4 is 14.8 Å². The first kappa shape index (κ1) is 25.5. The maximum Gasteiger partial charge on any atom is 0.261 e. The Morgan fingerprint density at radius 3 is 2.44 bits per heavy atom. The molecule has 0 aliphatic rings. The van der Waals surface area contributed by atoms with Crippen LogP contribution in [-0.4, -0.2) is 42.0 Å². The van der Waals surface area contributed by atoms with Crippen LogP contribution in [0.4, 0.5) is 0 Å². The Balaban J connectivity index is 2.26. The van der Waals surface area contributed by atoms with Crippen molar-refractivity contribution in [2.24, 2.45) is 0 Å². The molecule has 0 fully saturated rings. The molecule has 1 N–H and O–H groups in total. The first-order valence-corrected chi connectivity index (χ1v) is 11.0. The first-order valence-electron chi connectivity index (χ1n) is 10.7. The summed E-state index contributed by atoms with van der Waals surface area (Å²) in [5, 5.41) is 3.62. The van der Waals surface area contributed by atoms with Crippen molar-refractivity contribution >= 4 is 23.4 Å². The number of halogens is 1. The van der Waals surface area contributed by atoms with Crippen LogP contribution in [0.1, 0.15) is 45.2 Å². The lowest BCUT2D eigenvalue weighted by atomic mass is 10.1. The number of methoxy groups -OCH3 is 1. The molecule has 174 valence electrons. The molecule has 0 heterocycles. The number of hydrogen-bond donors (Lipinski definition) is 1. The number of ether oxygens (including phenoxy) is 2. The number of rotatable bonds is 9. The van der Waals surface area contributed by atoms with Crippen LogP contribution in [0.3, 0.4) is 0 Å². The van der Waals surface area contributed by atoms with E-state index in [1.807, 2.05) is 58.9 Å². The number of carbonyl (C=O) groups is 2. The standard InChI is InChI=1S/C25H33ClN2O4/c1-7-22(24(30)27-25(3,4)5)28(15-18-9-8-10-19(14-18)31-6)23(29)16-32-20-11-12-21(26)17(2)13-20/h8-14,22H,7,15-16H2,1-6H3,(H,27,30)/t22-/m0/s1. The van der Waals surface area contributed by atoms with Crippen molar-refractivity contribution in [1.82, 2.24) is 10.2 Å². The molecule has 2 aromatic rings. The molecular weight excluding hydrogens is 428 g/mol. The summed E-state index contributed by atoms with van der Waals surface area (Å²) in [5.41, 5.74) is 1.31. The van der Waals surface area contributed by atoms with Gasteiger partial charge < -0.3 is 19.7 Å². The van der Waals surface area contributed by atoms with E-state index in [4.69, 9.17) is 21.1 Å². The summed E-state index contributed by atoms with van der Waals surface area (Å²) in [7, 11) is 1.59. The SMILES string of the molecule is CC[C@@H](C(=O)NC(C)(C)C)N(Cc1cccc(OC)c1)C(=O)COc1ccc(Cl)c(C)c1. The molecule has 0 spiro atoms. The van der Waals surface area contributed by atoms with Crippen LogP contribution in [-0.2, 0) is 16.1 Å². The largest absolute Gasteiger partial charge is 0.497 e. The zero-order valence-corrected chi connectivity index (χ0v) is 20.5. The van der Waals surface area contributed by atoms with Crippen molar-refractivity contribution in [3.8, 4) is 11.5 Å². The lowest BCUT2D eigenvalue weighted by Crippen LogP contribution is -2.54. The van der Waals surface area contributed by atoms with E-state index < -0.39 is 11.6 Å². The van der Waals surface area contributed by atoms with E-state index >= 15 is 0 Å². The Labute approximate surface area is 195 Å². The molecule has 2 aromatic carbocycles. The van der Waals surface area contributed by atoms with Crippen LogP contribution in [0.15, 0.2) is 42.5 Å². The van der Waals surface area contributed by atoms with E-state index in [0.717, 1.165) is 11.1 Å². The highest BCUT2D eigenvalue weighted by Gasteiger charge is 2.31. The Kier molecular flexibility index (Phi) is 8.96. The summed E-state index contributed by atoms with van der Waals surface area (Å²) in [6, 6.07) is 12.1. The van der Waals surface area contributed by atoms with E-state index in [0.29, 0.717) is 22.9 Å². The van der Waals surface area contributed by atoms with Crippen LogP contribution in [0.5, 0.6) is 11.5 Å². The van der Waals surface area contributed by atoms with Crippen LogP contribution >= 0.6 is 11.6 Å². The molecule has 0 radical (unpaired) electrons. The Bertz CT molecular complexity index is 940. The molecule has 0 unspecified atom stereocenters. The van der Waals surface area contributed by atoms with Gasteiger partial charge in [0.25, 0.3) is 5.91 Å². The van der Waals surface area contributed by atoms with E-state index in [1.165, 1.54) is 0 Å². The highest BCUT2D eigenvalue weighted by Crippen LogP contribution is 2.22. The van der Waals surface area contributed by atoms with E-state index in [9.17, 15) is 9.59 Å². The highest BCUT2D eigenvalue weighted by atomic mass is 35.5. The van der Waals surface area contributed by atoms with Crippen molar-refractivity contribution in [3.05, 3.63) is 58.6 Å². The molecule has 7 heteroatoms. The molecule has 2 amide bonds. The van der Waals surface area contributed by atoms with Crippen molar-refractivity contribution < 1.29 is 19.1 Å². The van der Waals surface area contributed by atoms with E-state index in [-0.39, 0.29) is 25.0 Å². The van der Waals surface area contributed by atoms with Gasteiger partial charge in [-0.3, -0.25) is 9.59 Å². The third kappa shape index (κ3) is 7.45. The van der Waals surface area contributed by atoms with Gasteiger partial charge in [-0.05, 0) is 75.6 Å². The minimum absolute atomic E-state index is 0.190. The summed E-state index contributed by atoms with van der Waals surface area (Å²) in [4.78, 5) is 27.8. The number of benzene rings is 2. The van der Waals surface area contributed by atoms with Gasteiger partial charge in [0.15, 0.2) is 6.61 Å². The maximum atomic E-state index is 13.3. The quantitative estimate of drug-likeness (QED) is 0.586. The Morgan fingerprint density at radius 1 is 1.12 bits per heavy atom. The second-order valence-electron chi connectivity index (χ2n) is 8.74. The fourth-order valence-electron chi connectivity index (χ4n) is 3.27. The van der Waals surface area contributed by atoms with Gasteiger partial charge in [0.2, 0.25) is 5.91 Å². The summed E-state index contributed by atoms with van der Waals surface area (Å²) in [6.07, 6.45) is 0.470. The molecule has 0 bridgehead atoms. The Morgan fingerprint density at radius 2 is 1.84 bits per heavy atom. The van der Waals surface area contributed by atoms with Crippen molar-refractivity contribution in [2.75, 3.05) is 13.7 Å². The van der Waals surface area contributed by atoms with Gasteiger partial charge >= 0.3 is 0 Å². The number of amides is 2. The molecule has 6 nitrogen and oxygen atoms in total. The lowest BCUT2D eigenvalue weighted by Gasteiger charge is -2.33. The fourth-order valence-corrected chi connectivity index (χ4v) is 3.39. The van der Waals surface area contributed by atoms with Gasteiger partial charge in [-0.1, -0.05) is 30.7 Å². The third-order valence-electron chi connectivity index (χ3n) is 4.86. The molecule has 32 heavy (non-hydrogen) atoms. The van der Waals surface area contributed by atoms with Crippen LogP contribution in [0.25, 0.3) is 0 Å². The predicted octanol–water partition coefficient (Wildman–Crippen LogP) is 4.76. The number of aryl methyl sites for hydroxylation is 1. The minimum Gasteiger partial charge on any atom is -0.497 e. The topological polar surface area (TPSA) is 67.9 Å². The monoisotopic (exact) mass is 460 g/mol. The van der Waals surface area contributed by atoms with E-state index in [2.05, 4.69) is 5.32 Å². The van der Waals surface area contributed by atoms with Gasteiger partial charge in [-0.25, -0.2) is 0 Å². The zero-order valence-electron chi connectivity index (χ0n) is 19.7. The van der Waals surface area contributed by atoms with Crippen molar-refractivity contribution in [1.29, 1.82) is 0 Å². The molecular formula is C25H33ClN2O4. The van der Waals surface area contributed by atoms with E-state index in [1.54, 1.807) is 30.2 Å². The molecule has 0 aliphatic heterocycles. The van der Waals surface area contributed by atoms with Crippen LogP contribution in [0.2, 0.25) is 5.02 Å². The van der Waals surface area contributed by atoms with Gasteiger partial charge in [-0.2, -0.15) is 0 Å². The van der Waals surface area contributed by atoms with Crippen molar-refractivity contribution in [3.63, 3.8) is 0 Å². The second-order valence-corrected chi connectivity index (χ2v) is 9.14. The predicted molar refractivity (Wildman–Crippen MR) is 127 cm³/mol. The summed E-state index contributed by atoms with van der Waals surface area (Å²) < 4.78 is 11.0. The average molecular weight is 461 g/mol. The first-order chi connectivity index (χ1) is 15.0. The maximum absolute atomic E-state index is 13.3.